The van der Waals surface area contributed by atoms with Crippen LogP contribution in [0.3, 0.4) is 0 Å². The van der Waals surface area contributed by atoms with E-state index in [0.717, 1.165) is 23.6 Å². The number of anilines is 1. The Morgan fingerprint density at radius 1 is 1.26 bits per heavy atom. The number of aryl methyl sites for hydroxylation is 1. The molecule has 0 spiro atoms. The number of nitrogens with one attached hydrogen (secondary N) is 2. The van der Waals surface area contributed by atoms with Gasteiger partial charge in [-0.05, 0) is 31.2 Å². The van der Waals surface area contributed by atoms with Gasteiger partial charge in [-0.1, -0.05) is 12.1 Å². The molecule has 0 fully saturated rings. The Labute approximate surface area is 115 Å². The Kier molecular flexibility index (Phi) is 3.29. The topological polar surface area (TPSA) is 53.6 Å². The Hall–Kier alpha value is -2.14. The summed E-state index contributed by atoms with van der Waals surface area (Å²) >= 11 is 1.82. The Balaban J connectivity index is 1.73. The molecular weight excluding hydrogens is 256 g/mol. The van der Waals surface area contributed by atoms with Crippen LogP contribution in [0.4, 0.5) is 5.69 Å². The quantitative estimate of drug-likeness (QED) is 0.763. The van der Waals surface area contributed by atoms with Crippen LogP contribution in [0, 0.1) is 6.92 Å². The van der Waals surface area contributed by atoms with E-state index in [1.165, 1.54) is 16.1 Å². The normalized spacial score (nSPS) is 10.6. The summed E-state index contributed by atoms with van der Waals surface area (Å²) < 4.78 is 0. The van der Waals surface area contributed by atoms with Crippen molar-refractivity contribution in [2.75, 3.05) is 5.32 Å². The highest BCUT2D eigenvalue weighted by Gasteiger charge is 2.02. The minimum Gasteiger partial charge on any atom is -0.380 e. The van der Waals surface area contributed by atoms with Crippen molar-refractivity contribution in [1.82, 2.24) is 15.2 Å². The molecule has 1 aromatic carbocycles. The summed E-state index contributed by atoms with van der Waals surface area (Å²) in [4.78, 5) is 6.83. The Morgan fingerprint density at radius 3 is 2.95 bits per heavy atom. The molecule has 0 atom stereocenters. The van der Waals surface area contributed by atoms with E-state index in [4.69, 9.17) is 0 Å². The van der Waals surface area contributed by atoms with E-state index in [1.54, 1.807) is 0 Å². The highest BCUT2D eigenvalue weighted by molar-refractivity contribution is 7.11. The fourth-order valence-corrected chi connectivity index (χ4v) is 2.72. The van der Waals surface area contributed by atoms with Gasteiger partial charge in [0.15, 0.2) is 5.82 Å². The molecule has 4 nitrogen and oxygen atoms in total. The molecule has 0 aliphatic heterocycles. The standard InChI is InChI=1S/C14H14N4S/c1-10-5-6-13(19-10)8-15-12-4-2-3-11(7-12)14-16-9-17-18-14/h2-7,9,15H,8H2,1H3,(H,16,17,18). The van der Waals surface area contributed by atoms with Crippen molar-refractivity contribution in [1.29, 1.82) is 0 Å². The number of aromatic amines is 1. The van der Waals surface area contributed by atoms with Gasteiger partial charge in [-0.2, -0.15) is 5.10 Å². The fraction of sp³-hybridized carbons (Fsp3) is 0.143. The summed E-state index contributed by atoms with van der Waals surface area (Å²) in [5.41, 5.74) is 2.12. The van der Waals surface area contributed by atoms with Gasteiger partial charge >= 0.3 is 0 Å². The van der Waals surface area contributed by atoms with Gasteiger partial charge in [0.1, 0.15) is 6.33 Å². The van der Waals surface area contributed by atoms with Crippen LogP contribution in [-0.4, -0.2) is 15.2 Å². The molecular formula is C14H14N4S. The van der Waals surface area contributed by atoms with E-state index < -0.39 is 0 Å². The van der Waals surface area contributed by atoms with Gasteiger partial charge in [-0.25, -0.2) is 4.98 Å². The maximum Gasteiger partial charge on any atom is 0.155 e. The summed E-state index contributed by atoms with van der Waals surface area (Å²) in [5.74, 6) is 0.788. The molecule has 2 N–H and O–H groups in total. The van der Waals surface area contributed by atoms with Gasteiger partial charge in [0.25, 0.3) is 0 Å². The van der Waals surface area contributed by atoms with Crippen molar-refractivity contribution in [3.05, 3.63) is 52.5 Å². The first kappa shape index (κ1) is 11.9. The highest BCUT2D eigenvalue weighted by atomic mass is 32.1. The number of rotatable bonds is 4. The first-order chi connectivity index (χ1) is 9.31. The zero-order valence-corrected chi connectivity index (χ0v) is 11.4. The van der Waals surface area contributed by atoms with Crippen molar-refractivity contribution in [2.24, 2.45) is 0 Å². The summed E-state index contributed by atoms with van der Waals surface area (Å²) in [6.45, 7) is 2.97. The SMILES string of the molecule is Cc1ccc(CNc2cccc(-c3ncn[nH]3)c2)s1. The summed E-state index contributed by atoms with van der Waals surface area (Å²) in [5, 5.41) is 10.2. The first-order valence-corrected chi connectivity index (χ1v) is 6.88. The lowest BCUT2D eigenvalue weighted by Gasteiger charge is -2.06. The van der Waals surface area contributed by atoms with Crippen LogP contribution in [0.5, 0.6) is 0 Å². The van der Waals surface area contributed by atoms with Crippen LogP contribution in [0.1, 0.15) is 9.75 Å². The number of thiophene rings is 1. The molecule has 0 saturated carbocycles. The monoisotopic (exact) mass is 270 g/mol. The van der Waals surface area contributed by atoms with Gasteiger partial charge in [-0.3, -0.25) is 5.10 Å². The van der Waals surface area contributed by atoms with Crippen molar-refractivity contribution in [3.63, 3.8) is 0 Å². The van der Waals surface area contributed by atoms with E-state index in [0.29, 0.717) is 0 Å². The molecule has 2 aromatic heterocycles. The number of H-pyrrole nitrogens is 1. The maximum absolute atomic E-state index is 4.16. The van der Waals surface area contributed by atoms with Crippen LogP contribution in [-0.2, 0) is 6.54 Å². The summed E-state index contributed by atoms with van der Waals surface area (Å²) in [6.07, 6.45) is 1.52. The van der Waals surface area contributed by atoms with Crippen molar-refractivity contribution >= 4 is 17.0 Å². The van der Waals surface area contributed by atoms with E-state index in [2.05, 4.69) is 51.7 Å². The van der Waals surface area contributed by atoms with Crippen LogP contribution in [0.15, 0.2) is 42.7 Å². The van der Waals surface area contributed by atoms with Gasteiger partial charge in [0.2, 0.25) is 0 Å². The molecule has 0 unspecified atom stereocenters. The minimum absolute atomic E-state index is 0.788. The molecule has 19 heavy (non-hydrogen) atoms. The second-order valence-electron chi connectivity index (χ2n) is 4.28. The molecule has 5 heteroatoms. The van der Waals surface area contributed by atoms with Crippen molar-refractivity contribution < 1.29 is 0 Å². The molecule has 0 saturated heterocycles. The van der Waals surface area contributed by atoms with E-state index in [1.807, 2.05) is 23.5 Å². The lowest BCUT2D eigenvalue weighted by atomic mass is 10.2. The molecule has 96 valence electrons. The zero-order chi connectivity index (χ0) is 13.1. The highest BCUT2D eigenvalue weighted by Crippen LogP contribution is 2.21. The third kappa shape index (κ3) is 2.82. The van der Waals surface area contributed by atoms with Crippen molar-refractivity contribution in [3.8, 4) is 11.4 Å². The van der Waals surface area contributed by atoms with Crippen LogP contribution in [0.25, 0.3) is 11.4 Å². The third-order valence-electron chi connectivity index (χ3n) is 2.81. The largest absolute Gasteiger partial charge is 0.380 e. The zero-order valence-electron chi connectivity index (χ0n) is 10.6. The number of hydrogen-bond acceptors (Lipinski definition) is 4. The average Bonchev–Trinajstić information content (AvgIpc) is 3.08. The molecule has 3 rings (SSSR count). The number of hydrogen-bond donors (Lipinski definition) is 2. The van der Waals surface area contributed by atoms with Gasteiger partial charge in [-0.15, -0.1) is 11.3 Å². The van der Waals surface area contributed by atoms with E-state index in [9.17, 15) is 0 Å². The molecule has 2 heterocycles. The van der Waals surface area contributed by atoms with Gasteiger partial charge < -0.3 is 5.32 Å². The number of benzene rings is 1. The first-order valence-electron chi connectivity index (χ1n) is 6.06. The van der Waals surface area contributed by atoms with Crippen LogP contribution < -0.4 is 5.32 Å². The molecule has 0 aliphatic carbocycles. The van der Waals surface area contributed by atoms with Crippen LogP contribution in [0.2, 0.25) is 0 Å². The van der Waals surface area contributed by atoms with Gasteiger partial charge in [0.05, 0.1) is 0 Å². The van der Waals surface area contributed by atoms with Crippen molar-refractivity contribution in [2.45, 2.75) is 13.5 Å². The number of nitrogens with zero attached hydrogens (tertiary/aromatic N) is 2. The van der Waals surface area contributed by atoms with E-state index >= 15 is 0 Å². The third-order valence-corrected chi connectivity index (χ3v) is 3.81. The van der Waals surface area contributed by atoms with Crippen LogP contribution >= 0.6 is 11.3 Å². The second-order valence-corrected chi connectivity index (χ2v) is 5.65. The lowest BCUT2D eigenvalue weighted by Crippen LogP contribution is -1.97. The predicted molar refractivity (Wildman–Crippen MR) is 78.2 cm³/mol. The maximum atomic E-state index is 4.16. The number of aromatic nitrogens is 3. The Bertz CT molecular complexity index is 658. The average molecular weight is 270 g/mol. The molecule has 0 amide bonds. The smallest absolute Gasteiger partial charge is 0.155 e. The Morgan fingerprint density at radius 2 is 2.21 bits per heavy atom. The molecule has 0 radical (unpaired) electrons. The molecule has 3 aromatic rings. The summed E-state index contributed by atoms with van der Waals surface area (Å²) in [6, 6.07) is 12.5. The van der Waals surface area contributed by atoms with E-state index in [-0.39, 0.29) is 0 Å². The molecule has 0 aliphatic rings. The predicted octanol–water partition coefficient (Wildman–Crippen LogP) is 3.45. The summed E-state index contributed by atoms with van der Waals surface area (Å²) in [7, 11) is 0. The lowest BCUT2D eigenvalue weighted by molar-refractivity contribution is 1.09. The van der Waals surface area contributed by atoms with Gasteiger partial charge in [0, 0.05) is 27.5 Å². The molecule has 0 bridgehead atoms. The second kappa shape index (κ2) is 5.24. The minimum atomic E-state index is 0.788. The fourth-order valence-electron chi connectivity index (χ4n) is 1.89.